The summed E-state index contributed by atoms with van der Waals surface area (Å²) in [6.07, 6.45) is 1.67. The van der Waals surface area contributed by atoms with Gasteiger partial charge in [0.1, 0.15) is 5.82 Å². The lowest BCUT2D eigenvalue weighted by Crippen LogP contribution is -1.88. The van der Waals surface area contributed by atoms with Crippen molar-refractivity contribution in [2.45, 2.75) is 6.92 Å². The number of aromatic amines is 1. The maximum Gasteiger partial charge on any atom is 0.146 e. The van der Waals surface area contributed by atoms with E-state index < -0.39 is 0 Å². The minimum atomic E-state index is 0.921. The van der Waals surface area contributed by atoms with Crippen LogP contribution in [0.15, 0.2) is 6.33 Å². The second kappa shape index (κ2) is 1.86. The predicted molar refractivity (Wildman–Crippen MR) is 32.9 cm³/mol. The molecule has 1 rings (SSSR count). The van der Waals surface area contributed by atoms with Crippen LogP contribution in [0.25, 0.3) is 0 Å². The van der Waals surface area contributed by atoms with Gasteiger partial charge < -0.3 is 10.3 Å². The largest absolute Gasteiger partial charge is 0.372 e. The molecule has 8 heavy (non-hydrogen) atoms. The first-order chi connectivity index (χ1) is 3.84. The highest BCUT2D eigenvalue weighted by atomic mass is 15.0. The van der Waals surface area contributed by atoms with E-state index in [1.54, 1.807) is 6.33 Å². The number of H-pyrrole nitrogens is 1. The van der Waals surface area contributed by atoms with Crippen molar-refractivity contribution >= 4 is 5.82 Å². The Balaban J connectivity index is 2.92. The fourth-order valence-electron chi connectivity index (χ4n) is 0.611. The van der Waals surface area contributed by atoms with Gasteiger partial charge in [-0.15, -0.1) is 0 Å². The van der Waals surface area contributed by atoms with Gasteiger partial charge in [0.2, 0.25) is 0 Å². The van der Waals surface area contributed by atoms with Gasteiger partial charge in [0, 0.05) is 7.05 Å². The van der Waals surface area contributed by atoms with Gasteiger partial charge in [0.05, 0.1) is 12.0 Å². The number of anilines is 1. The number of imidazole rings is 1. The van der Waals surface area contributed by atoms with Crippen molar-refractivity contribution in [3.63, 3.8) is 0 Å². The fourth-order valence-corrected chi connectivity index (χ4v) is 0.611. The molecule has 0 aromatic carbocycles. The van der Waals surface area contributed by atoms with Crippen LogP contribution in [0.3, 0.4) is 0 Å². The van der Waals surface area contributed by atoms with Crippen LogP contribution in [0.1, 0.15) is 5.69 Å². The average molecular weight is 111 g/mol. The van der Waals surface area contributed by atoms with Gasteiger partial charge in [-0.2, -0.15) is 0 Å². The first-order valence-corrected chi connectivity index (χ1v) is 2.52. The Bertz CT molecular complexity index is 168. The highest BCUT2D eigenvalue weighted by Crippen LogP contribution is 2.03. The summed E-state index contributed by atoms with van der Waals surface area (Å²) < 4.78 is 0. The Morgan fingerprint density at radius 3 is 2.75 bits per heavy atom. The van der Waals surface area contributed by atoms with E-state index in [1.807, 2.05) is 14.0 Å². The third-order valence-electron chi connectivity index (χ3n) is 1.07. The molecular weight excluding hydrogens is 102 g/mol. The van der Waals surface area contributed by atoms with E-state index in [0.717, 1.165) is 11.5 Å². The molecule has 0 aliphatic heterocycles. The summed E-state index contributed by atoms with van der Waals surface area (Å²) in [5.41, 5.74) is 1.08. The van der Waals surface area contributed by atoms with Crippen LogP contribution < -0.4 is 5.32 Å². The average Bonchev–Trinajstić information content (AvgIpc) is 2.14. The molecule has 0 saturated heterocycles. The van der Waals surface area contributed by atoms with E-state index in [1.165, 1.54) is 0 Å². The van der Waals surface area contributed by atoms with Crippen LogP contribution in [-0.4, -0.2) is 17.0 Å². The molecule has 3 heteroatoms. The molecule has 0 spiro atoms. The van der Waals surface area contributed by atoms with Gasteiger partial charge in [-0.1, -0.05) is 0 Å². The second-order valence-electron chi connectivity index (χ2n) is 1.63. The topological polar surface area (TPSA) is 40.7 Å². The van der Waals surface area contributed by atoms with Gasteiger partial charge in [-0.25, -0.2) is 4.98 Å². The minimum absolute atomic E-state index is 0.921. The molecule has 1 aromatic heterocycles. The molecule has 0 fully saturated rings. The van der Waals surface area contributed by atoms with E-state index in [4.69, 9.17) is 0 Å². The fraction of sp³-hybridized carbons (Fsp3) is 0.400. The van der Waals surface area contributed by atoms with Crippen molar-refractivity contribution < 1.29 is 0 Å². The Labute approximate surface area is 48.1 Å². The molecular formula is C5H9N3. The molecule has 1 heterocycles. The molecule has 0 amide bonds. The Hall–Kier alpha value is -0.990. The first kappa shape index (κ1) is 5.15. The van der Waals surface area contributed by atoms with E-state index >= 15 is 0 Å². The number of nitrogens with zero attached hydrogens (tertiary/aromatic N) is 1. The highest BCUT2D eigenvalue weighted by molar-refractivity contribution is 5.37. The summed E-state index contributed by atoms with van der Waals surface area (Å²) in [5.74, 6) is 0.921. The molecule has 0 aliphatic rings. The summed E-state index contributed by atoms with van der Waals surface area (Å²) in [4.78, 5) is 6.91. The van der Waals surface area contributed by atoms with Crippen molar-refractivity contribution in [3.8, 4) is 0 Å². The standard InChI is InChI=1S/C5H9N3/c1-4-5(6-2)8-3-7-4/h3,6H,1-2H3,(H,7,8). The molecule has 0 unspecified atom stereocenters. The Morgan fingerprint density at radius 1 is 1.75 bits per heavy atom. The summed E-state index contributed by atoms with van der Waals surface area (Å²) in [6, 6.07) is 0. The number of rotatable bonds is 1. The number of hydrogen-bond acceptors (Lipinski definition) is 2. The zero-order valence-electron chi connectivity index (χ0n) is 5.02. The normalized spacial score (nSPS) is 9.25. The van der Waals surface area contributed by atoms with Gasteiger partial charge in [-0.05, 0) is 6.92 Å². The van der Waals surface area contributed by atoms with E-state index in [2.05, 4.69) is 15.3 Å². The van der Waals surface area contributed by atoms with Gasteiger partial charge >= 0.3 is 0 Å². The van der Waals surface area contributed by atoms with Crippen LogP contribution in [-0.2, 0) is 0 Å². The summed E-state index contributed by atoms with van der Waals surface area (Å²) in [7, 11) is 1.85. The highest BCUT2D eigenvalue weighted by Gasteiger charge is 1.92. The van der Waals surface area contributed by atoms with Gasteiger partial charge in [-0.3, -0.25) is 0 Å². The SMILES string of the molecule is CNc1nc[nH]c1C. The Morgan fingerprint density at radius 2 is 2.50 bits per heavy atom. The Kier molecular flexibility index (Phi) is 1.20. The first-order valence-electron chi connectivity index (χ1n) is 2.52. The van der Waals surface area contributed by atoms with Crippen LogP contribution in [0.5, 0.6) is 0 Å². The minimum Gasteiger partial charge on any atom is -0.372 e. The maximum absolute atomic E-state index is 3.97. The monoisotopic (exact) mass is 111 g/mol. The zero-order valence-corrected chi connectivity index (χ0v) is 5.02. The van der Waals surface area contributed by atoms with Crippen molar-refractivity contribution in [1.82, 2.24) is 9.97 Å². The number of nitrogens with one attached hydrogen (secondary N) is 2. The van der Waals surface area contributed by atoms with Crippen LogP contribution in [0, 0.1) is 6.92 Å². The summed E-state index contributed by atoms with van der Waals surface area (Å²) >= 11 is 0. The number of hydrogen-bond donors (Lipinski definition) is 2. The molecule has 0 atom stereocenters. The number of aromatic nitrogens is 2. The maximum atomic E-state index is 3.97. The second-order valence-corrected chi connectivity index (χ2v) is 1.63. The van der Waals surface area contributed by atoms with Crippen molar-refractivity contribution in [3.05, 3.63) is 12.0 Å². The molecule has 0 saturated carbocycles. The third kappa shape index (κ3) is 0.665. The third-order valence-corrected chi connectivity index (χ3v) is 1.07. The van der Waals surface area contributed by atoms with Gasteiger partial charge in [0.25, 0.3) is 0 Å². The molecule has 44 valence electrons. The van der Waals surface area contributed by atoms with E-state index in [9.17, 15) is 0 Å². The van der Waals surface area contributed by atoms with Crippen LogP contribution in [0.2, 0.25) is 0 Å². The summed E-state index contributed by atoms with van der Waals surface area (Å²) in [5, 5.41) is 2.93. The lowest BCUT2D eigenvalue weighted by atomic mass is 10.5. The molecule has 0 bridgehead atoms. The molecule has 1 aromatic rings. The van der Waals surface area contributed by atoms with Crippen molar-refractivity contribution in [1.29, 1.82) is 0 Å². The van der Waals surface area contributed by atoms with E-state index in [0.29, 0.717) is 0 Å². The smallest absolute Gasteiger partial charge is 0.146 e. The van der Waals surface area contributed by atoms with Crippen molar-refractivity contribution in [2.75, 3.05) is 12.4 Å². The van der Waals surface area contributed by atoms with Gasteiger partial charge in [0.15, 0.2) is 0 Å². The summed E-state index contributed by atoms with van der Waals surface area (Å²) in [6.45, 7) is 1.97. The lowest BCUT2D eigenvalue weighted by molar-refractivity contribution is 1.25. The van der Waals surface area contributed by atoms with E-state index in [-0.39, 0.29) is 0 Å². The predicted octanol–water partition coefficient (Wildman–Crippen LogP) is 0.760. The molecule has 3 nitrogen and oxygen atoms in total. The van der Waals surface area contributed by atoms with Crippen LogP contribution >= 0.6 is 0 Å². The zero-order chi connectivity index (χ0) is 5.98. The number of aryl methyl sites for hydroxylation is 1. The van der Waals surface area contributed by atoms with Crippen molar-refractivity contribution in [2.24, 2.45) is 0 Å². The lowest BCUT2D eigenvalue weighted by Gasteiger charge is -1.90. The molecule has 0 radical (unpaired) electrons. The quantitative estimate of drug-likeness (QED) is 0.561. The molecule has 2 N–H and O–H groups in total. The van der Waals surface area contributed by atoms with Crippen LogP contribution in [0.4, 0.5) is 5.82 Å². The molecule has 0 aliphatic carbocycles.